The Morgan fingerprint density at radius 1 is 0.826 bits per heavy atom. The first-order chi connectivity index (χ1) is 21.9. The molecule has 242 valence electrons. The van der Waals surface area contributed by atoms with Crippen LogP contribution in [-0.2, 0) is 32.6 Å². The van der Waals surface area contributed by atoms with Gasteiger partial charge in [-0.25, -0.2) is 8.42 Å². The number of carbonyl (C=O) groups excluding carboxylic acids is 2. The van der Waals surface area contributed by atoms with Crippen LogP contribution >= 0.6 is 11.6 Å². The van der Waals surface area contributed by atoms with Crippen LogP contribution in [0.4, 0.5) is 5.69 Å². The Hall–Kier alpha value is -4.14. The number of amides is 2. The van der Waals surface area contributed by atoms with Crippen molar-refractivity contribution in [2.75, 3.05) is 17.4 Å². The lowest BCUT2D eigenvalue weighted by Gasteiger charge is -2.34. The second-order valence-corrected chi connectivity index (χ2v) is 14.3. The van der Waals surface area contributed by atoms with E-state index in [0.29, 0.717) is 28.4 Å². The van der Waals surface area contributed by atoms with Gasteiger partial charge in [0, 0.05) is 24.5 Å². The number of rotatable bonds is 13. The van der Waals surface area contributed by atoms with Crippen LogP contribution in [0.25, 0.3) is 0 Å². The number of hydrogen-bond donors (Lipinski definition) is 1. The van der Waals surface area contributed by atoms with Crippen LogP contribution in [0.2, 0.25) is 5.02 Å². The summed E-state index contributed by atoms with van der Waals surface area (Å²) in [6.45, 7) is 9.48. The topological polar surface area (TPSA) is 86.8 Å². The van der Waals surface area contributed by atoms with Gasteiger partial charge in [0.15, 0.2) is 0 Å². The molecule has 7 nitrogen and oxygen atoms in total. The largest absolute Gasteiger partial charge is 0.354 e. The van der Waals surface area contributed by atoms with Gasteiger partial charge in [-0.1, -0.05) is 104 Å². The fourth-order valence-electron chi connectivity index (χ4n) is 5.13. The molecule has 0 radical (unpaired) electrons. The van der Waals surface area contributed by atoms with Gasteiger partial charge in [-0.2, -0.15) is 0 Å². The molecule has 4 aromatic rings. The molecule has 0 saturated carbocycles. The molecule has 0 aliphatic carbocycles. The normalized spacial score (nSPS) is 12.1. The molecule has 46 heavy (non-hydrogen) atoms. The summed E-state index contributed by atoms with van der Waals surface area (Å²) in [5.41, 5.74) is 4.36. The highest BCUT2D eigenvalue weighted by Crippen LogP contribution is 2.29. The Kier molecular flexibility index (Phi) is 11.7. The van der Waals surface area contributed by atoms with Crippen molar-refractivity contribution in [1.29, 1.82) is 0 Å². The monoisotopic (exact) mass is 659 g/mol. The van der Waals surface area contributed by atoms with Gasteiger partial charge in [0.05, 0.1) is 10.6 Å². The number of nitrogens with one attached hydrogen (secondary N) is 1. The zero-order valence-electron chi connectivity index (χ0n) is 27.0. The van der Waals surface area contributed by atoms with E-state index in [1.165, 1.54) is 4.90 Å². The lowest BCUT2D eigenvalue weighted by atomic mass is 10.0. The van der Waals surface area contributed by atoms with E-state index in [1.54, 1.807) is 48.5 Å². The molecule has 4 aromatic carbocycles. The highest BCUT2D eigenvalue weighted by molar-refractivity contribution is 7.92. The van der Waals surface area contributed by atoms with Gasteiger partial charge in [-0.15, -0.1) is 0 Å². The van der Waals surface area contributed by atoms with E-state index >= 15 is 0 Å². The summed E-state index contributed by atoms with van der Waals surface area (Å²) in [5, 5.41) is 3.45. The van der Waals surface area contributed by atoms with Crippen molar-refractivity contribution in [1.82, 2.24) is 10.2 Å². The summed E-state index contributed by atoms with van der Waals surface area (Å²) in [7, 11) is -4.19. The zero-order chi connectivity index (χ0) is 33.4. The molecule has 0 saturated heterocycles. The van der Waals surface area contributed by atoms with Gasteiger partial charge in [0.2, 0.25) is 11.8 Å². The van der Waals surface area contributed by atoms with Crippen LogP contribution in [0, 0.1) is 26.7 Å². The van der Waals surface area contributed by atoms with Crippen LogP contribution < -0.4 is 9.62 Å². The number of carbonyl (C=O) groups is 2. The molecule has 1 N–H and O–H groups in total. The van der Waals surface area contributed by atoms with E-state index in [9.17, 15) is 18.0 Å². The van der Waals surface area contributed by atoms with Crippen molar-refractivity contribution in [2.45, 2.75) is 58.5 Å². The minimum Gasteiger partial charge on any atom is -0.354 e. The van der Waals surface area contributed by atoms with E-state index in [0.717, 1.165) is 21.0 Å². The average molecular weight is 660 g/mol. The van der Waals surface area contributed by atoms with Crippen molar-refractivity contribution < 1.29 is 18.0 Å². The second-order valence-electron chi connectivity index (χ2n) is 12.1. The molecule has 0 aliphatic heterocycles. The van der Waals surface area contributed by atoms with Gasteiger partial charge in [0.1, 0.15) is 12.6 Å². The first kappa shape index (κ1) is 34.7. The molecule has 0 heterocycles. The Morgan fingerprint density at radius 3 is 2.11 bits per heavy atom. The highest BCUT2D eigenvalue weighted by Gasteiger charge is 2.35. The number of halogens is 1. The standard InChI is InChI=1S/C37H42ClN3O4S/c1-26(2)23-39-37(43)35(22-30-11-7-6-8-12-30)40(24-31-13-9-10-14-33(31)38)36(42)25-41(34-21-28(4)15-18-29(34)5)46(44,45)32-19-16-27(3)17-20-32/h6-21,26,35H,22-25H2,1-5H3,(H,39,43). The Bertz CT molecular complexity index is 1760. The number of hydrogen-bond acceptors (Lipinski definition) is 4. The van der Waals surface area contributed by atoms with E-state index < -0.39 is 28.5 Å². The summed E-state index contributed by atoms with van der Waals surface area (Å²) >= 11 is 6.58. The predicted octanol–water partition coefficient (Wildman–Crippen LogP) is 6.87. The number of anilines is 1. The van der Waals surface area contributed by atoms with Crippen molar-refractivity contribution >= 4 is 39.1 Å². The molecule has 0 aliphatic rings. The summed E-state index contributed by atoms with van der Waals surface area (Å²) in [5.74, 6) is -0.664. The maximum atomic E-state index is 14.6. The van der Waals surface area contributed by atoms with Crippen molar-refractivity contribution in [2.24, 2.45) is 5.92 Å². The third-order valence-electron chi connectivity index (χ3n) is 7.78. The Labute approximate surface area is 278 Å². The van der Waals surface area contributed by atoms with Crippen LogP contribution in [0.3, 0.4) is 0 Å². The Balaban J connectivity index is 1.84. The summed E-state index contributed by atoms with van der Waals surface area (Å²) in [6.07, 6.45) is 0.231. The van der Waals surface area contributed by atoms with Gasteiger partial charge >= 0.3 is 0 Å². The molecular formula is C37H42ClN3O4S. The molecule has 1 unspecified atom stereocenters. The van der Waals surface area contributed by atoms with Crippen molar-refractivity contribution in [3.05, 3.63) is 130 Å². The summed E-state index contributed by atoms with van der Waals surface area (Å²) in [4.78, 5) is 30.1. The lowest BCUT2D eigenvalue weighted by Crippen LogP contribution is -2.53. The Morgan fingerprint density at radius 2 is 1.46 bits per heavy atom. The maximum absolute atomic E-state index is 14.6. The van der Waals surface area contributed by atoms with Crippen LogP contribution in [0.1, 0.15) is 41.7 Å². The summed E-state index contributed by atoms with van der Waals surface area (Å²) in [6, 6.07) is 27.8. The third kappa shape index (κ3) is 8.77. The number of sulfonamides is 1. The molecule has 0 aromatic heterocycles. The van der Waals surface area contributed by atoms with Crippen molar-refractivity contribution in [3.63, 3.8) is 0 Å². The lowest BCUT2D eigenvalue weighted by molar-refractivity contribution is -0.140. The zero-order valence-corrected chi connectivity index (χ0v) is 28.6. The number of nitrogens with zero attached hydrogens (tertiary/aromatic N) is 2. The molecular weight excluding hydrogens is 618 g/mol. The van der Waals surface area contributed by atoms with Crippen LogP contribution in [0.15, 0.2) is 102 Å². The average Bonchev–Trinajstić information content (AvgIpc) is 3.03. The van der Waals surface area contributed by atoms with Crippen LogP contribution in [0.5, 0.6) is 0 Å². The van der Waals surface area contributed by atoms with Gasteiger partial charge < -0.3 is 10.2 Å². The molecule has 0 bridgehead atoms. The van der Waals surface area contributed by atoms with E-state index in [1.807, 2.05) is 83.1 Å². The fraction of sp³-hybridized carbons (Fsp3) is 0.297. The van der Waals surface area contributed by atoms with E-state index in [2.05, 4.69) is 5.32 Å². The SMILES string of the molecule is Cc1ccc(S(=O)(=O)N(CC(=O)N(Cc2ccccc2Cl)C(Cc2ccccc2)C(=O)NCC(C)C)c2cc(C)ccc2C)cc1. The maximum Gasteiger partial charge on any atom is 0.264 e. The smallest absolute Gasteiger partial charge is 0.264 e. The predicted molar refractivity (Wildman–Crippen MR) is 185 cm³/mol. The molecule has 0 spiro atoms. The molecule has 4 rings (SSSR count). The molecule has 2 amide bonds. The van der Waals surface area contributed by atoms with Gasteiger partial charge in [-0.05, 0) is 73.2 Å². The quantitative estimate of drug-likeness (QED) is 0.170. The molecule has 1 atom stereocenters. The third-order valence-corrected chi connectivity index (χ3v) is 9.92. The van der Waals surface area contributed by atoms with Gasteiger partial charge in [-0.3, -0.25) is 13.9 Å². The first-order valence-electron chi connectivity index (χ1n) is 15.4. The van der Waals surface area contributed by atoms with Crippen molar-refractivity contribution in [3.8, 4) is 0 Å². The van der Waals surface area contributed by atoms with Gasteiger partial charge in [0.25, 0.3) is 10.0 Å². The van der Waals surface area contributed by atoms with E-state index in [4.69, 9.17) is 11.6 Å². The fourth-order valence-corrected chi connectivity index (χ4v) is 6.79. The van der Waals surface area contributed by atoms with E-state index in [-0.39, 0.29) is 29.7 Å². The van der Waals surface area contributed by atoms with Crippen LogP contribution in [-0.4, -0.2) is 44.3 Å². The molecule has 9 heteroatoms. The summed E-state index contributed by atoms with van der Waals surface area (Å²) < 4.78 is 29.8. The highest BCUT2D eigenvalue weighted by atomic mass is 35.5. The first-order valence-corrected chi connectivity index (χ1v) is 17.2. The number of aryl methyl sites for hydroxylation is 3. The molecule has 0 fully saturated rings. The minimum atomic E-state index is -4.19. The minimum absolute atomic E-state index is 0.0102. The second kappa shape index (κ2) is 15.4. The number of benzene rings is 4.